The van der Waals surface area contributed by atoms with Gasteiger partial charge in [-0.25, -0.2) is 4.57 Å². The van der Waals surface area contributed by atoms with Crippen LogP contribution in [0.5, 0.6) is 0 Å². The molecule has 0 amide bonds. The van der Waals surface area contributed by atoms with Gasteiger partial charge in [0.2, 0.25) is 0 Å². The fourth-order valence-electron chi connectivity index (χ4n) is 6.32. The van der Waals surface area contributed by atoms with Crippen molar-refractivity contribution in [1.29, 1.82) is 0 Å². The molecule has 0 aromatic carbocycles. The normalized spacial score (nSPS) is 14.2. The highest BCUT2D eigenvalue weighted by molar-refractivity contribution is 7.47. The van der Waals surface area contributed by atoms with Gasteiger partial charge in [-0.2, -0.15) is 0 Å². The number of allylic oxidation sites excluding steroid dienone is 6. The van der Waals surface area contributed by atoms with Gasteiger partial charge in [-0.1, -0.05) is 185 Å². The Balaban J connectivity index is 4.16. The summed E-state index contributed by atoms with van der Waals surface area (Å²) in [5.74, 6) is -1.78. The molecule has 0 radical (unpaired) electrons. The number of nitrogens with two attached hydrogens (primary N) is 1. The maximum atomic E-state index is 12.6. The van der Waals surface area contributed by atoms with Crippen molar-refractivity contribution < 1.29 is 42.7 Å². The molecule has 3 atom stereocenters. The van der Waals surface area contributed by atoms with E-state index in [9.17, 15) is 19.0 Å². The Morgan fingerprint density at radius 2 is 0.965 bits per heavy atom. The highest BCUT2D eigenvalue weighted by Crippen LogP contribution is 2.43. The van der Waals surface area contributed by atoms with Gasteiger partial charge in [0.15, 0.2) is 0 Å². The van der Waals surface area contributed by atoms with Crippen molar-refractivity contribution in [1.82, 2.24) is 0 Å². The summed E-state index contributed by atoms with van der Waals surface area (Å²) in [5.41, 5.74) is 5.36. The SMILES string of the molecule is CCCCCCC/C=C\C/C=C\C/C=C\CCCCCCCCCCC(=O)OC(COCCCCCCCCCCCCCC)COP(=O)(O)OCC(N)C(=O)O. The molecule has 0 saturated carbocycles. The molecule has 334 valence electrons. The first kappa shape index (κ1) is 55.2. The van der Waals surface area contributed by atoms with Crippen LogP contribution in [-0.2, 0) is 32.7 Å². The number of hydrogen-bond donors (Lipinski definition) is 3. The molecule has 0 fully saturated rings. The fourth-order valence-corrected chi connectivity index (χ4v) is 7.10. The zero-order valence-electron chi connectivity index (χ0n) is 36.4. The maximum Gasteiger partial charge on any atom is 0.472 e. The Labute approximate surface area is 348 Å². The van der Waals surface area contributed by atoms with E-state index in [1.54, 1.807) is 0 Å². The minimum absolute atomic E-state index is 0.0163. The first-order valence-electron chi connectivity index (χ1n) is 23.0. The first-order chi connectivity index (χ1) is 27.7. The van der Waals surface area contributed by atoms with Crippen molar-refractivity contribution in [2.24, 2.45) is 5.73 Å². The molecule has 0 heterocycles. The molecule has 0 aliphatic carbocycles. The van der Waals surface area contributed by atoms with Crippen LogP contribution in [0.25, 0.3) is 0 Å². The molecule has 0 saturated heterocycles. The van der Waals surface area contributed by atoms with Crippen LogP contribution in [0, 0.1) is 0 Å². The lowest BCUT2D eigenvalue weighted by atomic mass is 10.1. The van der Waals surface area contributed by atoms with Crippen LogP contribution in [0.1, 0.15) is 206 Å². The summed E-state index contributed by atoms with van der Waals surface area (Å²) in [6, 6.07) is -1.47. The second-order valence-electron chi connectivity index (χ2n) is 15.5. The van der Waals surface area contributed by atoms with Crippen molar-refractivity contribution in [2.75, 3.05) is 26.4 Å². The van der Waals surface area contributed by atoms with Crippen LogP contribution in [0.2, 0.25) is 0 Å². The molecule has 0 aromatic rings. The molecule has 0 aromatic heterocycles. The minimum Gasteiger partial charge on any atom is -0.480 e. The summed E-state index contributed by atoms with van der Waals surface area (Å²) in [4.78, 5) is 33.5. The number of rotatable bonds is 44. The van der Waals surface area contributed by atoms with Gasteiger partial charge in [-0.15, -0.1) is 0 Å². The summed E-state index contributed by atoms with van der Waals surface area (Å²) < 4.78 is 33.4. The number of unbranched alkanes of at least 4 members (excludes halogenated alkanes) is 24. The molecule has 0 rings (SSSR count). The van der Waals surface area contributed by atoms with Gasteiger partial charge in [-0.3, -0.25) is 18.6 Å². The molecular weight excluding hydrogens is 741 g/mol. The molecular formula is C46H86NO9P. The zero-order chi connectivity index (χ0) is 41.9. The van der Waals surface area contributed by atoms with E-state index in [-0.39, 0.29) is 13.0 Å². The van der Waals surface area contributed by atoms with E-state index in [4.69, 9.17) is 29.4 Å². The van der Waals surface area contributed by atoms with Crippen molar-refractivity contribution >= 4 is 19.8 Å². The van der Waals surface area contributed by atoms with Crippen molar-refractivity contribution in [3.63, 3.8) is 0 Å². The predicted octanol–water partition coefficient (Wildman–Crippen LogP) is 12.9. The Kier molecular flexibility index (Phi) is 41.0. The Bertz CT molecular complexity index is 1050. The van der Waals surface area contributed by atoms with Crippen LogP contribution in [-0.4, -0.2) is 60.5 Å². The number of ether oxygens (including phenoxy) is 2. The number of carbonyl (C=O) groups is 2. The minimum atomic E-state index is -4.62. The van der Waals surface area contributed by atoms with E-state index in [0.29, 0.717) is 13.0 Å². The van der Waals surface area contributed by atoms with Crippen LogP contribution in [0.4, 0.5) is 0 Å². The summed E-state index contributed by atoms with van der Waals surface area (Å²) >= 11 is 0. The van der Waals surface area contributed by atoms with Crippen molar-refractivity contribution in [3.05, 3.63) is 36.5 Å². The highest BCUT2D eigenvalue weighted by Gasteiger charge is 2.27. The number of carboxylic acids is 1. The van der Waals surface area contributed by atoms with E-state index in [1.807, 2.05) is 0 Å². The number of aliphatic carboxylic acids is 1. The number of esters is 1. The lowest BCUT2D eigenvalue weighted by molar-refractivity contribution is -0.154. The standard InChI is InChI=1S/C46H86NO9P/c1-3-5-7-9-11-13-15-17-18-19-20-21-22-23-24-25-26-27-28-30-32-34-36-38-45(48)56-43(41-54-57(51,52)55-42-44(47)46(49)50)40-53-39-37-35-33-31-29-16-14-12-10-8-6-4-2/h15,17,19-20,22-23,43-44H,3-14,16,18,21,24-42,47H2,1-2H3,(H,49,50)(H,51,52)/b17-15-,20-19-,23-22-. The van der Waals surface area contributed by atoms with Crippen LogP contribution in [0.15, 0.2) is 36.5 Å². The van der Waals surface area contributed by atoms with Gasteiger partial charge < -0.3 is 25.2 Å². The number of carbonyl (C=O) groups excluding carboxylic acids is 1. The average molecular weight is 828 g/mol. The first-order valence-corrected chi connectivity index (χ1v) is 24.5. The Hall–Kier alpha value is -1.81. The Morgan fingerprint density at radius 1 is 0.561 bits per heavy atom. The van der Waals surface area contributed by atoms with Gasteiger partial charge >= 0.3 is 19.8 Å². The molecule has 0 spiro atoms. The predicted molar refractivity (Wildman–Crippen MR) is 235 cm³/mol. The van der Waals surface area contributed by atoms with E-state index in [1.165, 1.54) is 122 Å². The zero-order valence-corrected chi connectivity index (χ0v) is 37.3. The number of hydrogen-bond acceptors (Lipinski definition) is 8. The molecule has 0 aliphatic heterocycles. The van der Waals surface area contributed by atoms with Gasteiger partial charge in [0.25, 0.3) is 0 Å². The monoisotopic (exact) mass is 828 g/mol. The molecule has 11 heteroatoms. The van der Waals surface area contributed by atoms with Crippen LogP contribution >= 0.6 is 7.82 Å². The maximum absolute atomic E-state index is 12.6. The third-order valence-corrected chi connectivity index (χ3v) is 10.9. The van der Waals surface area contributed by atoms with Crippen LogP contribution in [0.3, 0.4) is 0 Å². The summed E-state index contributed by atoms with van der Waals surface area (Å²) in [6.45, 7) is 3.87. The Morgan fingerprint density at radius 3 is 1.44 bits per heavy atom. The average Bonchev–Trinajstić information content (AvgIpc) is 3.19. The van der Waals surface area contributed by atoms with Gasteiger partial charge in [-0.05, 0) is 51.4 Å². The number of phosphoric ester groups is 1. The molecule has 57 heavy (non-hydrogen) atoms. The summed E-state index contributed by atoms with van der Waals surface area (Å²) in [5, 5.41) is 8.90. The quantitative estimate of drug-likeness (QED) is 0.0234. The molecule has 0 aliphatic rings. The topological polar surface area (TPSA) is 155 Å². The molecule has 0 bridgehead atoms. The smallest absolute Gasteiger partial charge is 0.472 e. The van der Waals surface area contributed by atoms with Gasteiger partial charge in [0.05, 0.1) is 19.8 Å². The lowest BCUT2D eigenvalue weighted by Gasteiger charge is -2.20. The fraction of sp³-hybridized carbons (Fsp3) is 0.826. The van der Waals surface area contributed by atoms with Gasteiger partial charge in [0, 0.05) is 13.0 Å². The number of phosphoric acid groups is 1. The third-order valence-electron chi connectivity index (χ3n) is 9.92. The van der Waals surface area contributed by atoms with E-state index in [0.717, 1.165) is 57.8 Å². The molecule has 4 N–H and O–H groups in total. The summed E-state index contributed by atoms with van der Waals surface area (Å²) in [7, 11) is -4.62. The van der Waals surface area contributed by atoms with E-state index >= 15 is 0 Å². The second kappa shape index (κ2) is 42.3. The number of carboxylic acid groups (broad SMARTS) is 1. The van der Waals surface area contributed by atoms with E-state index in [2.05, 4.69) is 50.3 Å². The van der Waals surface area contributed by atoms with Crippen LogP contribution < -0.4 is 5.73 Å². The van der Waals surface area contributed by atoms with E-state index < -0.39 is 45.1 Å². The van der Waals surface area contributed by atoms with Crippen molar-refractivity contribution in [3.8, 4) is 0 Å². The second-order valence-corrected chi connectivity index (χ2v) is 17.0. The van der Waals surface area contributed by atoms with Gasteiger partial charge in [0.1, 0.15) is 12.1 Å². The highest BCUT2D eigenvalue weighted by atomic mass is 31.2. The van der Waals surface area contributed by atoms with Crippen molar-refractivity contribution in [2.45, 2.75) is 219 Å². The third kappa shape index (κ3) is 42.1. The molecule has 3 unspecified atom stereocenters. The lowest BCUT2D eigenvalue weighted by Crippen LogP contribution is -2.34. The molecule has 10 nitrogen and oxygen atoms in total. The summed E-state index contributed by atoms with van der Waals surface area (Å²) in [6.07, 6.45) is 47.6. The largest absolute Gasteiger partial charge is 0.480 e.